The lowest BCUT2D eigenvalue weighted by molar-refractivity contribution is 0.0987. The highest BCUT2D eigenvalue weighted by atomic mass is 16.3. The zero-order valence-corrected chi connectivity index (χ0v) is 9.10. The number of hydrogen-bond acceptors (Lipinski definition) is 3. The second-order valence-corrected chi connectivity index (χ2v) is 3.79. The van der Waals surface area contributed by atoms with Gasteiger partial charge in [0.1, 0.15) is 5.75 Å². The Balaban J connectivity index is 2.64. The van der Waals surface area contributed by atoms with Gasteiger partial charge in [0.15, 0.2) is 5.78 Å². The molecule has 3 N–H and O–H groups in total. The van der Waals surface area contributed by atoms with Crippen LogP contribution in [0.25, 0.3) is 10.9 Å². The summed E-state index contributed by atoms with van der Waals surface area (Å²) in [4.78, 5) is 11.8. The van der Waals surface area contributed by atoms with E-state index in [4.69, 9.17) is 5.73 Å². The molecule has 0 aliphatic carbocycles. The molecule has 1 aromatic heterocycles. The van der Waals surface area contributed by atoms with Crippen molar-refractivity contribution < 1.29 is 9.90 Å². The third kappa shape index (κ3) is 1.57. The molecular formula is C12H14N2O2. The van der Waals surface area contributed by atoms with Crippen molar-refractivity contribution >= 4 is 16.7 Å². The molecule has 4 nitrogen and oxygen atoms in total. The highest BCUT2D eigenvalue weighted by Gasteiger charge is 2.14. The summed E-state index contributed by atoms with van der Waals surface area (Å²) in [6, 6.07) is 5.18. The van der Waals surface area contributed by atoms with Gasteiger partial charge >= 0.3 is 0 Å². The summed E-state index contributed by atoms with van der Waals surface area (Å²) in [6.45, 7) is 0.341. The number of hydrogen-bond donors (Lipinski definition) is 2. The number of aromatic hydroxyl groups is 1. The highest BCUT2D eigenvalue weighted by Crippen LogP contribution is 2.28. The van der Waals surface area contributed by atoms with Crippen LogP contribution in [0, 0.1) is 0 Å². The van der Waals surface area contributed by atoms with Gasteiger partial charge in [-0.3, -0.25) is 4.79 Å². The predicted octanol–water partition coefficient (Wildman–Crippen LogP) is 1.42. The Labute approximate surface area is 93.3 Å². The maximum atomic E-state index is 11.8. The molecule has 0 bridgehead atoms. The van der Waals surface area contributed by atoms with Crippen LogP contribution in [0.2, 0.25) is 0 Å². The first-order valence-electron chi connectivity index (χ1n) is 5.15. The van der Waals surface area contributed by atoms with Crippen LogP contribution in [0.1, 0.15) is 16.8 Å². The van der Waals surface area contributed by atoms with Crippen LogP contribution in [0.5, 0.6) is 5.75 Å². The molecule has 0 spiro atoms. The number of ketones is 1. The molecule has 2 aromatic rings. The number of fused-ring (bicyclic) bond motifs is 1. The summed E-state index contributed by atoms with van der Waals surface area (Å²) in [7, 11) is 1.81. The summed E-state index contributed by atoms with van der Waals surface area (Å²) >= 11 is 0. The number of benzene rings is 1. The lowest BCUT2D eigenvalue weighted by atomic mass is 10.1. The van der Waals surface area contributed by atoms with Crippen molar-refractivity contribution in [3.8, 4) is 5.75 Å². The maximum absolute atomic E-state index is 11.8. The first-order chi connectivity index (χ1) is 7.65. The molecular weight excluding hydrogens is 204 g/mol. The Kier molecular flexibility index (Phi) is 2.66. The van der Waals surface area contributed by atoms with E-state index in [-0.39, 0.29) is 11.5 Å². The highest BCUT2D eigenvalue weighted by molar-refractivity contribution is 6.09. The van der Waals surface area contributed by atoms with Crippen molar-refractivity contribution in [3.63, 3.8) is 0 Å². The predicted molar refractivity (Wildman–Crippen MR) is 62.6 cm³/mol. The van der Waals surface area contributed by atoms with Crippen LogP contribution in [0.4, 0.5) is 0 Å². The average molecular weight is 218 g/mol. The van der Waals surface area contributed by atoms with Crippen LogP contribution < -0.4 is 5.73 Å². The van der Waals surface area contributed by atoms with Crippen molar-refractivity contribution in [1.82, 2.24) is 4.57 Å². The minimum Gasteiger partial charge on any atom is -0.506 e. The van der Waals surface area contributed by atoms with Gasteiger partial charge in [-0.25, -0.2) is 0 Å². The zero-order chi connectivity index (χ0) is 11.7. The molecule has 0 aliphatic heterocycles. The van der Waals surface area contributed by atoms with E-state index in [1.807, 2.05) is 6.07 Å². The fourth-order valence-corrected chi connectivity index (χ4v) is 1.94. The zero-order valence-electron chi connectivity index (χ0n) is 9.10. The Morgan fingerprint density at radius 2 is 2.25 bits per heavy atom. The largest absolute Gasteiger partial charge is 0.506 e. The molecule has 1 aromatic carbocycles. The Morgan fingerprint density at radius 1 is 1.50 bits per heavy atom. The molecule has 0 atom stereocenters. The number of nitrogens with two attached hydrogens (primary N) is 1. The van der Waals surface area contributed by atoms with E-state index in [1.54, 1.807) is 29.9 Å². The minimum absolute atomic E-state index is 0.0127. The summed E-state index contributed by atoms with van der Waals surface area (Å²) < 4.78 is 1.76. The van der Waals surface area contributed by atoms with Gasteiger partial charge in [0.2, 0.25) is 0 Å². The number of phenols is 1. The number of rotatable bonds is 3. The standard InChI is InChI=1S/C12H14N2O2/c1-14-7-9(10(15)5-6-13)8-3-2-4-11(16)12(8)14/h2-4,7,16H,5-6,13H2,1H3. The van der Waals surface area contributed by atoms with E-state index >= 15 is 0 Å². The first kappa shape index (κ1) is 10.7. The van der Waals surface area contributed by atoms with Crippen molar-refractivity contribution in [2.24, 2.45) is 12.8 Å². The summed E-state index contributed by atoms with van der Waals surface area (Å²) in [5.74, 6) is 0.200. The van der Waals surface area contributed by atoms with Gasteiger partial charge in [0.05, 0.1) is 5.52 Å². The number of aryl methyl sites for hydroxylation is 1. The van der Waals surface area contributed by atoms with Gasteiger partial charge in [-0.2, -0.15) is 0 Å². The van der Waals surface area contributed by atoms with E-state index in [9.17, 15) is 9.90 Å². The van der Waals surface area contributed by atoms with E-state index < -0.39 is 0 Å². The van der Waals surface area contributed by atoms with Crippen LogP contribution in [0.3, 0.4) is 0 Å². The maximum Gasteiger partial charge on any atom is 0.166 e. The number of Topliss-reactive ketones (excluding diaryl/α,β-unsaturated/α-hetero) is 1. The SMILES string of the molecule is Cn1cc(C(=O)CCN)c2cccc(O)c21. The summed E-state index contributed by atoms with van der Waals surface area (Å²) in [6.07, 6.45) is 2.07. The molecule has 0 amide bonds. The van der Waals surface area contributed by atoms with E-state index in [0.29, 0.717) is 24.0 Å². The number of phenolic OH excluding ortho intramolecular Hbond substituents is 1. The number of nitrogens with zero attached hydrogens (tertiary/aromatic N) is 1. The van der Waals surface area contributed by atoms with Gasteiger partial charge < -0.3 is 15.4 Å². The Hall–Kier alpha value is -1.81. The molecule has 1 heterocycles. The van der Waals surface area contributed by atoms with Gasteiger partial charge in [0.25, 0.3) is 0 Å². The minimum atomic E-state index is 0.0127. The normalized spacial score (nSPS) is 10.9. The smallest absolute Gasteiger partial charge is 0.166 e. The van der Waals surface area contributed by atoms with E-state index in [0.717, 1.165) is 5.39 Å². The fourth-order valence-electron chi connectivity index (χ4n) is 1.94. The fraction of sp³-hybridized carbons (Fsp3) is 0.250. The molecule has 0 saturated carbocycles. The van der Waals surface area contributed by atoms with Gasteiger partial charge in [-0.05, 0) is 12.6 Å². The van der Waals surface area contributed by atoms with Crippen LogP contribution >= 0.6 is 0 Å². The molecule has 4 heteroatoms. The summed E-state index contributed by atoms with van der Waals surface area (Å²) in [5, 5.41) is 10.5. The number of para-hydroxylation sites is 1. The quantitative estimate of drug-likeness (QED) is 0.765. The molecule has 0 aliphatic rings. The van der Waals surface area contributed by atoms with Gasteiger partial charge in [-0.15, -0.1) is 0 Å². The lowest BCUT2D eigenvalue weighted by Crippen LogP contribution is -2.07. The number of carbonyl (C=O) groups excluding carboxylic acids is 1. The van der Waals surface area contributed by atoms with Gasteiger partial charge in [0, 0.05) is 30.6 Å². The van der Waals surface area contributed by atoms with E-state index in [1.165, 1.54) is 0 Å². The first-order valence-corrected chi connectivity index (χ1v) is 5.15. The number of aromatic nitrogens is 1. The van der Waals surface area contributed by atoms with Crippen molar-refractivity contribution in [2.75, 3.05) is 6.54 Å². The third-order valence-corrected chi connectivity index (χ3v) is 2.65. The summed E-state index contributed by atoms with van der Waals surface area (Å²) in [5.41, 5.74) is 6.68. The molecule has 0 fully saturated rings. The topological polar surface area (TPSA) is 68.2 Å². The van der Waals surface area contributed by atoms with Crippen molar-refractivity contribution in [1.29, 1.82) is 0 Å². The van der Waals surface area contributed by atoms with Crippen LogP contribution in [0.15, 0.2) is 24.4 Å². The second kappa shape index (κ2) is 3.98. The lowest BCUT2D eigenvalue weighted by Gasteiger charge is -1.99. The Morgan fingerprint density at radius 3 is 2.94 bits per heavy atom. The number of carbonyl (C=O) groups is 1. The monoisotopic (exact) mass is 218 g/mol. The molecule has 2 rings (SSSR count). The second-order valence-electron chi connectivity index (χ2n) is 3.79. The Bertz CT molecular complexity index is 543. The molecule has 16 heavy (non-hydrogen) atoms. The average Bonchev–Trinajstić information content (AvgIpc) is 2.58. The molecule has 0 radical (unpaired) electrons. The van der Waals surface area contributed by atoms with Crippen LogP contribution in [-0.4, -0.2) is 22.0 Å². The third-order valence-electron chi connectivity index (χ3n) is 2.65. The molecule has 0 saturated heterocycles. The van der Waals surface area contributed by atoms with E-state index in [2.05, 4.69) is 0 Å². The van der Waals surface area contributed by atoms with Gasteiger partial charge in [-0.1, -0.05) is 12.1 Å². The molecule has 84 valence electrons. The van der Waals surface area contributed by atoms with Crippen LogP contribution in [-0.2, 0) is 7.05 Å². The van der Waals surface area contributed by atoms with Crippen molar-refractivity contribution in [3.05, 3.63) is 30.0 Å². The molecule has 0 unspecified atom stereocenters. The van der Waals surface area contributed by atoms with Crippen molar-refractivity contribution in [2.45, 2.75) is 6.42 Å².